The highest BCUT2D eigenvalue weighted by atomic mass is 16.6. The summed E-state index contributed by atoms with van der Waals surface area (Å²) in [6.45, 7) is 4.86. The molecular weight excluding hydrogens is 394 g/mol. The average Bonchev–Trinajstić information content (AvgIpc) is 3.25. The molecule has 1 aromatic carbocycles. The summed E-state index contributed by atoms with van der Waals surface area (Å²) >= 11 is 0. The number of carbonyl (C=O) groups is 3. The Morgan fingerprint density at radius 1 is 1.17 bits per heavy atom. The van der Waals surface area contributed by atoms with Crippen molar-refractivity contribution in [2.24, 2.45) is 5.73 Å². The molecule has 0 aliphatic carbocycles. The first-order valence-electron chi connectivity index (χ1n) is 9.05. The number of carbonyl (C=O) groups excluding carboxylic acids is 2. The highest BCUT2D eigenvalue weighted by Crippen LogP contribution is 2.07. The van der Waals surface area contributed by atoms with Crippen LogP contribution in [0.4, 0.5) is 4.79 Å². The van der Waals surface area contributed by atoms with Gasteiger partial charge in [-0.3, -0.25) is 4.79 Å². The van der Waals surface area contributed by atoms with Gasteiger partial charge in [0.15, 0.2) is 6.33 Å². The van der Waals surface area contributed by atoms with Gasteiger partial charge in [-0.2, -0.15) is 5.21 Å². The first-order chi connectivity index (χ1) is 14.1. The number of amides is 2. The first-order valence-corrected chi connectivity index (χ1v) is 9.05. The highest BCUT2D eigenvalue weighted by Gasteiger charge is 2.27. The van der Waals surface area contributed by atoms with Gasteiger partial charge >= 0.3 is 12.1 Å². The molecule has 2 atom stereocenters. The van der Waals surface area contributed by atoms with Crippen LogP contribution in [0.5, 0.6) is 0 Å². The van der Waals surface area contributed by atoms with Gasteiger partial charge in [0, 0.05) is 13.0 Å². The molecule has 2 amide bonds. The van der Waals surface area contributed by atoms with Crippen LogP contribution >= 0.6 is 0 Å². The number of rotatable bonds is 7. The second-order valence-electron chi connectivity index (χ2n) is 7.08. The summed E-state index contributed by atoms with van der Waals surface area (Å²) in [6, 6.07) is 6.68. The maximum Gasteiger partial charge on any atom is 0.408 e. The summed E-state index contributed by atoms with van der Waals surface area (Å²) in [7, 11) is 0. The molecule has 30 heavy (non-hydrogen) atoms. The number of aliphatic carboxylic acids is 1. The second kappa shape index (κ2) is 12.1. The van der Waals surface area contributed by atoms with Gasteiger partial charge in [0.25, 0.3) is 0 Å². The summed E-state index contributed by atoms with van der Waals surface area (Å²) in [6.07, 6.45) is 0.652. The van der Waals surface area contributed by atoms with Gasteiger partial charge in [0.05, 0.1) is 0 Å². The number of hydrogen-bond donors (Lipinski definition) is 5. The van der Waals surface area contributed by atoms with Gasteiger partial charge in [-0.1, -0.05) is 35.5 Å². The van der Waals surface area contributed by atoms with Crippen molar-refractivity contribution >= 4 is 18.0 Å². The van der Waals surface area contributed by atoms with E-state index in [4.69, 9.17) is 10.5 Å². The number of aromatic nitrogens is 4. The maximum atomic E-state index is 12.3. The molecule has 0 fully saturated rings. The number of nitrogens with two attached hydrogens (primary N) is 1. The zero-order valence-electron chi connectivity index (χ0n) is 17.0. The minimum absolute atomic E-state index is 0.117. The third-order valence-electron chi connectivity index (χ3n) is 3.41. The lowest BCUT2D eigenvalue weighted by molar-refractivity contribution is -0.142. The average molecular weight is 421 g/mol. The molecule has 164 valence electrons. The number of carboxylic acids is 1. The van der Waals surface area contributed by atoms with Gasteiger partial charge in [-0.15, -0.1) is 10.2 Å². The Hall–Kier alpha value is -3.54. The number of benzene rings is 1. The van der Waals surface area contributed by atoms with E-state index >= 15 is 0 Å². The van der Waals surface area contributed by atoms with Crippen LogP contribution in [0.1, 0.15) is 26.3 Å². The van der Waals surface area contributed by atoms with Gasteiger partial charge < -0.3 is 26.2 Å². The summed E-state index contributed by atoms with van der Waals surface area (Å²) in [5.74, 6) is -1.86. The lowest BCUT2D eigenvalue weighted by Gasteiger charge is -2.23. The lowest BCUT2D eigenvalue weighted by Crippen LogP contribution is -2.55. The van der Waals surface area contributed by atoms with Crippen molar-refractivity contribution in [1.29, 1.82) is 0 Å². The summed E-state index contributed by atoms with van der Waals surface area (Å²) < 4.78 is 5.07. The van der Waals surface area contributed by atoms with E-state index in [1.165, 1.54) is 6.33 Å². The van der Waals surface area contributed by atoms with Crippen molar-refractivity contribution < 1.29 is 24.2 Å². The molecule has 2 aromatic rings. The Morgan fingerprint density at radius 2 is 1.83 bits per heavy atom. The van der Waals surface area contributed by atoms with E-state index in [0.29, 0.717) is 0 Å². The molecule has 0 radical (unpaired) electrons. The zero-order chi connectivity index (χ0) is 22.6. The number of nitrogens with zero attached hydrogens (tertiary/aromatic N) is 3. The summed E-state index contributed by atoms with van der Waals surface area (Å²) in [5.41, 5.74) is 5.55. The third kappa shape index (κ3) is 10.1. The van der Waals surface area contributed by atoms with Crippen molar-refractivity contribution in [1.82, 2.24) is 31.3 Å². The third-order valence-corrected chi connectivity index (χ3v) is 3.41. The fourth-order valence-electron chi connectivity index (χ4n) is 2.13. The quantitative estimate of drug-likeness (QED) is 0.405. The fraction of sp³-hybridized carbons (Fsp3) is 0.444. The van der Waals surface area contributed by atoms with Gasteiger partial charge in [0.2, 0.25) is 5.91 Å². The molecule has 0 saturated heterocycles. The molecule has 0 bridgehead atoms. The monoisotopic (exact) mass is 421 g/mol. The number of hydrogen-bond acceptors (Lipinski definition) is 8. The number of aromatic amines is 1. The molecular formula is C18H27N7O5. The van der Waals surface area contributed by atoms with Crippen molar-refractivity contribution in [3.8, 4) is 0 Å². The molecule has 6 N–H and O–H groups in total. The minimum atomic E-state index is -1.18. The fourth-order valence-corrected chi connectivity index (χ4v) is 2.13. The predicted octanol–water partition coefficient (Wildman–Crippen LogP) is -0.150. The molecule has 0 unspecified atom stereocenters. The SMILES string of the molecule is CC(C)(C)OC(=O)N[C@@H](CN)C(=O)N[C@@H](Cc1ccccc1)C(=O)O.c1nn[nH]n1. The van der Waals surface area contributed by atoms with Crippen molar-refractivity contribution in [2.75, 3.05) is 6.54 Å². The molecule has 1 heterocycles. The number of alkyl carbamates (subject to hydrolysis) is 1. The standard InChI is InChI=1S/C17H25N3O5.CH2N4/c1-17(2,3)25-16(24)20-13(10-18)14(21)19-12(15(22)23)9-11-7-5-4-6-8-11;1-2-4-5-3-1/h4-8,12-13H,9-10,18H2,1-3H3,(H,19,21)(H,20,24)(H,22,23);1H,(H,2,3,4,5)/t12-,13-;/m0./s1. The van der Waals surface area contributed by atoms with Crippen molar-refractivity contribution in [2.45, 2.75) is 44.9 Å². The Morgan fingerprint density at radius 3 is 2.27 bits per heavy atom. The van der Waals surface area contributed by atoms with Crippen LogP contribution in [0.25, 0.3) is 0 Å². The van der Waals surface area contributed by atoms with Crippen molar-refractivity contribution in [3.63, 3.8) is 0 Å². The van der Waals surface area contributed by atoms with E-state index in [9.17, 15) is 19.5 Å². The van der Waals surface area contributed by atoms with Crippen LogP contribution in [0.2, 0.25) is 0 Å². The van der Waals surface area contributed by atoms with E-state index in [0.717, 1.165) is 5.56 Å². The predicted molar refractivity (Wildman–Crippen MR) is 106 cm³/mol. The summed E-state index contributed by atoms with van der Waals surface area (Å²) in [5, 5.41) is 26.2. The van der Waals surface area contributed by atoms with Crippen LogP contribution in [-0.2, 0) is 20.7 Å². The van der Waals surface area contributed by atoms with E-state index in [2.05, 4.69) is 31.3 Å². The van der Waals surface area contributed by atoms with Crippen LogP contribution in [0.15, 0.2) is 36.7 Å². The molecule has 12 nitrogen and oxygen atoms in total. The molecule has 0 spiro atoms. The van der Waals surface area contributed by atoms with Gasteiger partial charge in [-0.05, 0) is 26.3 Å². The van der Waals surface area contributed by atoms with Crippen LogP contribution in [0, 0.1) is 0 Å². The highest BCUT2D eigenvalue weighted by molar-refractivity contribution is 5.89. The maximum absolute atomic E-state index is 12.3. The number of nitrogens with one attached hydrogen (secondary N) is 3. The second-order valence-corrected chi connectivity index (χ2v) is 7.08. The molecule has 2 rings (SSSR count). The molecule has 0 aliphatic rings. The Balaban J connectivity index is 0.000000780. The van der Waals surface area contributed by atoms with E-state index < -0.39 is 35.7 Å². The topological polar surface area (TPSA) is 185 Å². The van der Waals surface area contributed by atoms with E-state index in [1.807, 2.05) is 6.07 Å². The van der Waals surface area contributed by atoms with Crippen LogP contribution in [-0.4, -0.2) is 67.9 Å². The molecule has 0 saturated carbocycles. The number of tetrazole rings is 1. The zero-order valence-corrected chi connectivity index (χ0v) is 17.0. The Bertz CT molecular complexity index is 761. The smallest absolute Gasteiger partial charge is 0.408 e. The van der Waals surface area contributed by atoms with Crippen LogP contribution < -0.4 is 16.4 Å². The van der Waals surface area contributed by atoms with E-state index in [-0.39, 0.29) is 13.0 Å². The van der Waals surface area contributed by atoms with Crippen molar-refractivity contribution in [3.05, 3.63) is 42.2 Å². The van der Waals surface area contributed by atoms with E-state index in [1.54, 1.807) is 45.0 Å². The molecule has 0 aliphatic heterocycles. The minimum Gasteiger partial charge on any atom is -0.480 e. The van der Waals surface area contributed by atoms with Gasteiger partial charge in [0.1, 0.15) is 17.7 Å². The molecule has 12 heteroatoms. The molecule has 1 aromatic heterocycles. The number of carboxylic acid groups (broad SMARTS) is 1. The summed E-state index contributed by atoms with van der Waals surface area (Å²) in [4.78, 5) is 35.4. The Kier molecular flexibility index (Phi) is 9.89. The normalized spacial score (nSPS) is 12.5. The first kappa shape index (κ1) is 24.5. The number of H-pyrrole nitrogens is 1. The largest absolute Gasteiger partial charge is 0.480 e. The van der Waals surface area contributed by atoms with Gasteiger partial charge in [-0.25, -0.2) is 9.59 Å². The van der Waals surface area contributed by atoms with Crippen LogP contribution in [0.3, 0.4) is 0 Å². The number of ether oxygens (including phenoxy) is 1. The Labute approximate surface area is 173 Å². The lowest BCUT2D eigenvalue weighted by atomic mass is 10.1.